The van der Waals surface area contributed by atoms with Crippen LogP contribution in [0.2, 0.25) is 0 Å². The van der Waals surface area contributed by atoms with Gasteiger partial charge >= 0.3 is 0 Å². The average molecular weight is 311 g/mol. The lowest BCUT2D eigenvalue weighted by Crippen LogP contribution is -2.25. The molecular formula is C17H21N5O. The number of hydrogen-bond acceptors (Lipinski definition) is 5. The van der Waals surface area contributed by atoms with E-state index in [0.29, 0.717) is 24.1 Å². The molecule has 0 spiro atoms. The van der Waals surface area contributed by atoms with Gasteiger partial charge in [0, 0.05) is 37.4 Å². The van der Waals surface area contributed by atoms with Crippen molar-refractivity contribution in [3.8, 4) is 0 Å². The summed E-state index contributed by atoms with van der Waals surface area (Å²) in [7, 11) is 0. The molecule has 2 aromatic heterocycles. The van der Waals surface area contributed by atoms with Gasteiger partial charge in [-0.1, -0.05) is 25.3 Å². The van der Waals surface area contributed by atoms with Crippen LogP contribution in [-0.4, -0.2) is 26.9 Å². The Morgan fingerprint density at radius 1 is 1.13 bits per heavy atom. The summed E-state index contributed by atoms with van der Waals surface area (Å²) in [5, 5.41) is 6.18. The fourth-order valence-electron chi connectivity index (χ4n) is 2.74. The molecular weight excluding hydrogens is 290 g/mol. The van der Waals surface area contributed by atoms with Gasteiger partial charge < -0.3 is 10.6 Å². The molecule has 1 amide bonds. The molecule has 0 bridgehead atoms. The monoisotopic (exact) mass is 311 g/mol. The van der Waals surface area contributed by atoms with Crippen molar-refractivity contribution < 1.29 is 4.79 Å². The van der Waals surface area contributed by atoms with E-state index in [1.807, 2.05) is 12.1 Å². The fraction of sp³-hybridized carbons (Fsp3) is 0.412. The topological polar surface area (TPSA) is 79.8 Å². The van der Waals surface area contributed by atoms with Gasteiger partial charge in [-0.25, -0.2) is 9.97 Å². The van der Waals surface area contributed by atoms with E-state index in [0.717, 1.165) is 18.4 Å². The normalized spacial score (nSPS) is 15.1. The van der Waals surface area contributed by atoms with Gasteiger partial charge in [0.15, 0.2) is 0 Å². The zero-order valence-electron chi connectivity index (χ0n) is 13.0. The lowest BCUT2D eigenvalue weighted by molar-refractivity contribution is 0.0950. The number of anilines is 1. The fourth-order valence-corrected chi connectivity index (χ4v) is 2.74. The molecule has 0 aromatic carbocycles. The highest BCUT2D eigenvalue weighted by Crippen LogP contribution is 2.19. The lowest BCUT2D eigenvalue weighted by Gasteiger charge is -2.22. The molecule has 6 heteroatoms. The summed E-state index contributed by atoms with van der Waals surface area (Å²) in [6.45, 7) is 0.439. The zero-order valence-corrected chi connectivity index (χ0v) is 13.0. The minimum atomic E-state index is -0.182. The summed E-state index contributed by atoms with van der Waals surface area (Å²) in [5.74, 6) is 0.416. The summed E-state index contributed by atoms with van der Waals surface area (Å²) >= 11 is 0. The molecule has 0 atom stereocenters. The molecule has 0 radical (unpaired) electrons. The molecule has 23 heavy (non-hydrogen) atoms. The van der Waals surface area contributed by atoms with Crippen molar-refractivity contribution in [2.24, 2.45) is 0 Å². The first-order chi connectivity index (χ1) is 11.3. The van der Waals surface area contributed by atoms with Crippen molar-refractivity contribution in [2.45, 2.75) is 44.7 Å². The maximum absolute atomic E-state index is 12.1. The van der Waals surface area contributed by atoms with Gasteiger partial charge in [-0.3, -0.25) is 9.78 Å². The number of nitrogens with one attached hydrogen (secondary N) is 2. The van der Waals surface area contributed by atoms with Crippen LogP contribution in [0.5, 0.6) is 0 Å². The zero-order chi connectivity index (χ0) is 15.9. The molecule has 120 valence electrons. The Morgan fingerprint density at radius 2 is 1.91 bits per heavy atom. The molecule has 0 aliphatic heterocycles. The molecule has 0 saturated heterocycles. The Hall–Kier alpha value is -2.50. The highest BCUT2D eigenvalue weighted by Gasteiger charge is 2.14. The number of carbonyl (C=O) groups is 1. The van der Waals surface area contributed by atoms with Crippen LogP contribution >= 0.6 is 0 Å². The minimum Gasteiger partial charge on any atom is -0.351 e. The second-order valence-electron chi connectivity index (χ2n) is 5.82. The van der Waals surface area contributed by atoms with Crippen molar-refractivity contribution in [3.05, 3.63) is 48.0 Å². The van der Waals surface area contributed by atoms with Crippen molar-refractivity contribution in [2.75, 3.05) is 5.32 Å². The quantitative estimate of drug-likeness (QED) is 0.887. The van der Waals surface area contributed by atoms with E-state index < -0.39 is 0 Å². The number of carbonyl (C=O) groups excluding carboxylic acids is 1. The van der Waals surface area contributed by atoms with E-state index in [1.54, 1.807) is 24.8 Å². The van der Waals surface area contributed by atoms with Crippen LogP contribution in [0.3, 0.4) is 0 Å². The van der Waals surface area contributed by atoms with Crippen LogP contribution in [0.25, 0.3) is 0 Å². The third-order valence-electron chi connectivity index (χ3n) is 4.03. The molecule has 3 rings (SSSR count). The number of aromatic nitrogens is 3. The average Bonchev–Trinajstić information content (AvgIpc) is 2.62. The number of hydrogen-bond donors (Lipinski definition) is 2. The summed E-state index contributed by atoms with van der Waals surface area (Å²) in [6, 6.07) is 4.21. The number of nitrogens with zero attached hydrogens (tertiary/aromatic N) is 3. The molecule has 1 fully saturated rings. The first-order valence-electron chi connectivity index (χ1n) is 8.07. The third-order valence-corrected chi connectivity index (χ3v) is 4.03. The predicted molar refractivity (Wildman–Crippen MR) is 87.9 cm³/mol. The Labute approximate surface area is 135 Å². The third kappa shape index (κ3) is 4.48. The van der Waals surface area contributed by atoms with E-state index >= 15 is 0 Å². The summed E-state index contributed by atoms with van der Waals surface area (Å²) in [4.78, 5) is 24.6. The van der Waals surface area contributed by atoms with Crippen molar-refractivity contribution in [3.63, 3.8) is 0 Å². The molecule has 1 aliphatic rings. The SMILES string of the molecule is O=C(NCc1cccnc1)c1cnc(NC2CCCCC2)nc1. The standard InChI is InChI=1S/C17H21N5O/c23-16(19-10-13-5-4-8-18-9-13)14-11-20-17(21-12-14)22-15-6-2-1-3-7-15/h4-5,8-9,11-12,15H,1-3,6-7,10H2,(H,19,23)(H,20,21,22). The van der Waals surface area contributed by atoms with Gasteiger partial charge in [0.05, 0.1) is 5.56 Å². The van der Waals surface area contributed by atoms with Gasteiger partial charge in [0.2, 0.25) is 5.95 Å². The van der Waals surface area contributed by atoms with Crippen LogP contribution < -0.4 is 10.6 Å². The van der Waals surface area contributed by atoms with Crippen LogP contribution in [0.4, 0.5) is 5.95 Å². The van der Waals surface area contributed by atoms with Gasteiger partial charge in [-0.2, -0.15) is 0 Å². The maximum Gasteiger partial charge on any atom is 0.254 e. The largest absolute Gasteiger partial charge is 0.351 e. The number of pyridine rings is 1. The van der Waals surface area contributed by atoms with E-state index in [2.05, 4.69) is 25.6 Å². The molecule has 1 saturated carbocycles. The van der Waals surface area contributed by atoms with Gasteiger partial charge in [-0.15, -0.1) is 0 Å². The second kappa shape index (κ2) is 7.67. The predicted octanol–water partition coefficient (Wildman–Crippen LogP) is 2.55. The maximum atomic E-state index is 12.1. The van der Waals surface area contributed by atoms with Crippen LogP contribution in [-0.2, 0) is 6.54 Å². The molecule has 2 N–H and O–H groups in total. The van der Waals surface area contributed by atoms with Crippen LogP contribution in [0.15, 0.2) is 36.9 Å². The van der Waals surface area contributed by atoms with Crippen molar-refractivity contribution in [1.82, 2.24) is 20.3 Å². The molecule has 1 aliphatic carbocycles. The Morgan fingerprint density at radius 3 is 2.61 bits per heavy atom. The summed E-state index contributed by atoms with van der Waals surface area (Å²) < 4.78 is 0. The highest BCUT2D eigenvalue weighted by atomic mass is 16.1. The molecule has 2 heterocycles. The minimum absolute atomic E-state index is 0.182. The highest BCUT2D eigenvalue weighted by molar-refractivity contribution is 5.93. The Bertz CT molecular complexity index is 623. The Balaban J connectivity index is 1.52. The Kier molecular flexibility index (Phi) is 5.13. The van der Waals surface area contributed by atoms with E-state index in [-0.39, 0.29) is 5.91 Å². The molecule has 6 nitrogen and oxygen atoms in total. The van der Waals surface area contributed by atoms with Crippen LogP contribution in [0.1, 0.15) is 48.0 Å². The van der Waals surface area contributed by atoms with Crippen molar-refractivity contribution in [1.29, 1.82) is 0 Å². The molecule has 0 unspecified atom stereocenters. The lowest BCUT2D eigenvalue weighted by atomic mass is 9.96. The van der Waals surface area contributed by atoms with E-state index in [9.17, 15) is 4.79 Å². The summed E-state index contributed by atoms with van der Waals surface area (Å²) in [5.41, 5.74) is 1.42. The smallest absolute Gasteiger partial charge is 0.254 e. The first kappa shape index (κ1) is 15.4. The number of amides is 1. The number of rotatable bonds is 5. The first-order valence-corrected chi connectivity index (χ1v) is 8.07. The van der Waals surface area contributed by atoms with Gasteiger partial charge in [0.25, 0.3) is 5.91 Å². The van der Waals surface area contributed by atoms with E-state index in [1.165, 1.54) is 19.3 Å². The molecule has 2 aromatic rings. The van der Waals surface area contributed by atoms with E-state index in [4.69, 9.17) is 0 Å². The second-order valence-corrected chi connectivity index (χ2v) is 5.82. The summed E-state index contributed by atoms with van der Waals surface area (Å²) in [6.07, 6.45) is 12.7. The van der Waals surface area contributed by atoms with Crippen LogP contribution in [0, 0.1) is 0 Å². The van der Waals surface area contributed by atoms with Crippen molar-refractivity contribution >= 4 is 11.9 Å². The van der Waals surface area contributed by atoms with Gasteiger partial charge in [0.1, 0.15) is 0 Å². The van der Waals surface area contributed by atoms with Gasteiger partial charge in [-0.05, 0) is 24.5 Å².